The Hall–Kier alpha value is -2.12. The summed E-state index contributed by atoms with van der Waals surface area (Å²) in [5.74, 6) is 0. The van der Waals surface area contributed by atoms with E-state index in [-0.39, 0.29) is 0 Å². The Kier molecular flexibility index (Phi) is 9.17. The fraction of sp³-hybridized carbons (Fsp3) is 0.810. The van der Waals surface area contributed by atoms with Crippen molar-refractivity contribution in [1.29, 1.82) is 0 Å². The molecule has 16 nitrogen and oxygen atoms in total. The number of aliphatic hydroxyl groups excluding tert-OH is 8. The van der Waals surface area contributed by atoms with Gasteiger partial charge in [-0.25, -0.2) is 9.36 Å². The van der Waals surface area contributed by atoms with E-state index in [1.807, 2.05) is 0 Å². The summed E-state index contributed by atoms with van der Waals surface area (Å²) in [6.07, 6.45) is -4.09. The molecule has 2 unspecified atom stereocenters. The Morgan fingerprint density at radius 2 is 1.03 bits per heavy atom. The summed E-state index contributed by atoms with van der Waals surface area (Å²) in [5, 5.41) is 95.6. The van der Waals surface area contributed by atoms with E-state index in [4.69, 9.17) is 9.47 Å². The zero-order valence-corrected chi connectivity index (χ0v) is 20.0. The fourth-order valence-electron chi connectivity index (χ4n) is 4.73. The van der Waals surface area contributed by atoms with Gasteiger partial charge < -0.3 is 50.3 Å². The average molecular weight is 531 g/mol. The lowest BCUT2D eigenvalue weighted by atomic mass is 9.96. The number of hydrogen-bond donors (Lipinski definition) is 8. The van der Waals surface area contributed by atoms with E-state index in [9.17, 15) is 40.9 Å². The number of aryl methyl sites for hydroxylation is 2. The number of nitrogens with zero attached hydrogens (tertiary/aromatic N) is 6. The van der Waals surface area contributed by atoms with Crippen LogP contribution >= 0.6 is 0 Å². The van der Waals surface area contributed by atoms with Crippen molar-refractivity contribution >= 4 is 0 Å². The first-order valence-corrected chi connectivity index (χ1v) is 12.2. The smallest absolute Gasteiger partial charge is 0.183 e. The van der Waals surface area contributed by atoms with Crippen LogP contribution in [0.25, 0.3) is 0 Å². The number of rotatable bonds is 10. The second kappa shape index (κ2) is 12.2. The molecule has 0 bridgehead atoms. The molecule has 10 atom stereocenters. The maximum atomic E-state index is 10.4. The summed E-state index contributed by atoms with van der Waals surface area (Å²) in [4.78, 5) is 0. The second-order valence-electron chi connectivity index (χ2n) is 9.38. The molecular weight excluding hydrogens is 496 g/mol. The molecule has 0 aromatic carbocycles. The number of aromatic nitrogens is 6. The minimum Gasteiger partial charge on any atom is -0.394 e. The lowest BCUT2D eigenvalue weighted by Gasteiger charge is -2.39. The van der Waals surface area contributed by atoms with E-state index in [0.29, 0.717) is 24.2 Å². The molecule has 8 N–H and O–H groups in total. The highest BCUT2D eigenvalue weighted by Gasteiger charge is 2.46. The highest BCUT2D eigenvalue weighted by atomic mass is 16.6. The molecule has 4 rings (SSSR count). The quantitative estimate of drug-likeness (QED) is 0.136. The first-order chi connectivity index (χ1) is 17.7. The minimum atomic E-state index is -1.57. The van der Waals surface area contributed by atoms with Crippen LogP contribution in [0.4, 0.5) is 0 Å². The van der Waals surface area contributed by atoms with Gasteiger partial charge in [0.05, 0.1) is 24.6 Å². The molecule has 2 aromatic heterocycles. The summed E-state index contributed by atoms with van der Waals surface area (Å²) >= 11 is 0. The Labute approximate surface area is 211 Å². The van der Waals surface area contributed by atoms with Crippen LogP contribution in [0.3, 0.4) is 0 Å². The van der Waals surface area contributed by atoms with Crippen LogP contribution in [-0.2, 0) is 22.3 Å². The van der Waals surface area contributed by atoms with Gasteiger partial charge in [-0.15, -0.1) is 10.2 Å². The molecule has 0 aliphatic carbocycles. The van der Waals surface area contributed by atoms with Gasteiger partial charge in [-0.3, -0.25) is 0 Å². The molecule has 2 aromatic rings. The molecule has 37 heavy (non-hydrogen) atoms. The number of unbranched alkanes of at least 4 members (excludes halogenated alkanes) is 2. The van der Waals surface area contributed by atoms with Crippen molar-refractivity contribution in [3.63, 3.8) is 0 Å². The Morgan fingerprint density at radius 1 is 0.622 bits per heavy atom. The zero-order valence-electron chi connectivity index (χ0n) is 20.0. The van der Waals surface area contributed by atoms with Crippen molar-refractivity contribution in [3.8, 4) is 0 Å². The summed E-state index contributed by atoms with van der Waals surface area (Å²) in [6.45, 7) is -1.06. The van der Waals surface area contributed by atoms with Gasteiger partial charge in [0.25, 0.3) is 0 Å². The van der Waals surface area contributed by atoms with E-state index < -0.39 is 74.5 Å². The standard InChI is InChI=1S/C21H34N6O10/c28-8-12-16(30)14(18(32)20(34)36-12)26-6-10(22-24-26)4-2-1-3-5-11-7-27(25-23-11)15-17(31)13(9-29)37-21(35)19(15)33/h6-7,12-21,28-35H,1-5,8-9H2/t12-,13-,14+,15+,16-,17-,18-,19-,20?,21?/m1/s1. The third kappa shape index (κ3) is 5.98. The highest BCUT2D eigenvalue weighted by molar-refractivity contribution is 5.00. The van der Waals surface area contributed by atoms with Gasteiger partial charge in [0, 0.05) is 12.4 Å². The lowest BCUT2D eigenvalue weighted by molar-refractivity contribution is -0.270. The molecule has 2 aliphatic rings. The van der Waals surface area contributed by atoms with E-state index in [1.54, 1.807) is 12.4 Å². The minimum absolute atomic E-state index is 0.530. The van der Waals surface area contributed by atoms with Crippen molar-refractivity contribution in [3.05, 3.63) is 23.8 Å². The number of ether oxygens (including phenoxy) is 2. The van der Waals surface area contributed by atoms with Crippen LogP contribution in [0.15, 0.2) is 12.4 Å². The molecule has 4 heterocycles. The Bertz CT molecular complexity index is 916. The van der Waals surface area contributed by atoms with Crippen molar-refractivity contribution < 1.29 is 50.3 Å². The van der Waals surface area contributed by atoms with Crippen LogP contribution in [0, 0.1) is 0 Å². The molecular formula is C21H34N6O10. The van der Waals surface area contributed by atoms with E-state index >= 15 is 0 Å². The lowest BCUT2D eigenvalue weighted by Crippen LogP contribution is -2.55. The van der Waals surface area contributed by atoms with Crippen LogP contribution in [0.2, 0.25) is 0 Å². The van der Waals surface area contributed by atoms with Gasteiger partial charge in [0.2, 0.25) is 0 Å². The predicted molar refractivity (Wildman–Crippen MR) is 119 cm³/mol. The first kappa shape index (κ1) is 27.9. The predicted octanol–water partition coefficient (Wildman–Crippen LogP) is -4.23. The van der Waals surface area contributed by atoms with Crippen LogP contribution in [-0.4, -0.2) is 133 Å². The van der Waals surface area contributed by atoms with Gasteiger partial charge in [-0.1, -0.05) is 16.8 Å². The van der Waals surface area contributed by atoms with E-state index in [1.165, 1.54) is 9.36 Å². The summed E-state index contributed by atoms with van der Waals surface area (Å²) < 4.78 is 12.5. The van der Waals surface area contributed by atoms with Gasteiger partial charge in [0.1, 0.15) is 48.7 Å². The Morgan fingerprint density at radius 3 is 1.41 bits per heavy atom. The number of hydrogen-bond acceptors (Lipinski definition) is 14. The fourth-order valence-corrected chi connectivity index (χ4v) is 4.73. The van der Waals surface area contributed by atoms with Gasteiger partial charge in [-0.05, 0) is 25.7 Å². The Balaban J connectivity index is 1.25. The topological polar surface area (TPSA) is 242 Å². The summed E-state index contributed by atoms with van der Waals surface area (Å²) in [5.41, 5.74) is 1.26. The average Bonchev–Trinajstić information content (AvgIpc) is 3.54. The molecule has 2 saturated heterocycles. The third-order valence-electron chi connectivity index (χ3n) is 6.83. The largest absolute Gasteiger partial charge is 0.394 e. The number of aliphatic hydroxyl groups is 8. The molecule has 0 spiro atoms. The van der Waals surface area contributed by atoms with Crippen LogP contribution in [0.1, 0.15) is 42.7 Å². The molecule has 2 fully saturated rings. The third-order valence-corrected chi connectivity index (χ3v) is 6.83. The molecule has 0 amide bonds. The first-order valence-electron chi connectivity index (χ1n) is 12.2. The molecule has 0 saturated carbocycles. The maximum absolute atomic E-state index is 10.4. The summed E-state index contributed by atoms with van der Waals surface area (Å²) in [7, 11) is 0. The molecule has 2 aliphatic heterocycles. The maximum Gasteiger partial charge on any atom is 0.183 e. The zero-order chi connectivity index (χ0) is 26.7. The van der Waals surface area contributed by atoms with Gasteiger partial charge in [-0.2, -0.15) is 0 Å². The second-order valence-corrected chi connectivity index (χ2v) is 9.38. The molecule has 0 radical (unpaired) electrons. The molecule has 16 heteroatoms. The monoisotopic (exact) mass is 530 g/mol. The van der Waals surface area contributed by atoms with Gasteiger partial charge in [0.15, 0.2) is 12.6 Å². The van der Waals surface area contributed by atoms with Gasteiger partial charge >= 0.3 is 0 Å². The highest BCUT2D eigenvalue weighted by Crippen LogP contribution is 2.30. The van der Waals surface area contributed by atoms with Crippen molar-refractivity contribution in [2.45, 2.75) is 93.4 Å². The summed E-state index contributed by atoms with van der Waals surface area (Å²) in [6, 6.07) is -2.04. The molecule has 208 valence electrons. The van der Waals surface area contributed by atoms with E-state index in [0.717, 1.165) is 19.3 Å². The van der Waals surface area contributed by atoms with E-state index in [2.05, 4.69) is 20.6 Å². The van der Waals surface area contributed by atoms with Crippen molar-refractivity contribution in [2.24, 2.45) is 0 Å². The van der Waals surface area contributed by atoms with Crippen molar-refractivity contribution in [2.75, 3.05) is 13.2 Å². The SMILES string of the molecule is OC[C@H]1OC(O)[C@H](O)[C@@H](n2cc(CCCCCc3cn([C@H]4[C@H](O)[C@@H](CO)OC(O)[C@@H]4O)nn3)nn2)[C@@H]1O. The van der Waals surface area contributed by atoms with Crippen LogP contribution in [0.5, 0.6) is 0 Å². The van der Waals surface area contributed by atoms with Crippen molar-refractivity contribution in [1.82, 2.24) is 30.0 Å². The normalized spacial score (nSPS) is 36.6. The van der Waals surface area contributed by atoms with Crippen LogP contribution < -0.4 is 0 Å².